The highest BCUT2D eigenvalue weighted by atomic mass is 15.3. The number of rotatable bonds is 8. The van der Waals surface area contributed by atoms with Crippen molar-refractivity contribution < 1.29 is 0 Å². The Morgan fingerprint density at radius 1 is 1.18 bits per heavy atom. The fraction of sp³-hybridized carbons (Fsp3) is 0.786. The van der Waals surface area contributed by atoms with Gasteiger partial charge in [0, 0.05) is 18.7 Å². The van der Waals surface area contributed by atoms with Gasteiger partial charge in [-0.25, -0.2) is 0 Å². The average Bonchev–Trinajstić information content (AvgIpc) is 2.79. The zero-order chi connectivity index (χ0) is 12.7. The first kappa shape index (κ1) is 14.2. The molecule has 0 saturated carbocycles. The third kappa shape index (κ3) is 4.15. The van der Waals surface area contributed by atoms with Crippen LogP contribution >= 0.6 is 0 Å². The minimum absolute atomic E-state index is 0.558. The molecule has 0 fully saturated rings. The summed E-state index contributed by atoms with van der Waals surface area (Å²) in [6.45, 7) is 9.87. The van der Waals surface area contributed by atoms with Crippen LogP contribution in [0.3, 0.4) is 0 Å². The maximum atomic E-state index is 4.70. The molecule has 17 heavy (non-hydrogen) atoms. The van der Waals surface area contributed by atoms with Crippen molar-refractivity contribution >= 4 is 0 Å². The third-order valence-electron chi connectivity index (χ3n) is 3.42. The fourth-order valence-electron chi connectivity index (χ4n) is 2.25. The quantitative estimate of drug-likeness (QED) is 0.752. The molecule has 3 heteroatoms. The largest absolute Gasteiger partial charge is 0.314 e. The summed E-state index contributed by atoms with van der Waals surface area (Å²) in [5.74, 6) is 0. The summed E-state index contributed by atoms with van der Waals surface area (Å²) in [4.78, 5) is 0. The summed E-state index contributed by atoms with van der Waals surface area (Å²) in [6, 6.07) is 3.28. The van der Waals surface area contributed by atoms with Crippen LogP contribution in [0.1, 0.15) is 58.7 Å². The van der Waals surface area contributed by atoms with Gasteiger partial charge in [0.05, 0.1) is 11.7 Å². The molecular formula is C14H27N3. The van der Waals surface area contributed by atoms with Crippen LogP contribution in [0.15, 0.2) is 12.3 Å². The van der Waals surface area contributed by atoms with E-state index in [0.717, 1.165) is 32.2 Å². The number of nitrogens with one attached hydrogen (secondary N) is 1. The molecule has 0 aromatic carbocycles. The van der Waals surface area contributed by atoms with Crippen LogP contribution in [0.4, 0.5) is 0 Å². The van der Waals surface area contributed by atoms with E-state index in [2.05, 4.69) is 50.0 Å². The summed E-state index contributed by atoms with van der Waals surface area (Å²) in [5, 5.41) is 8.20. The van der Waals surface area contributed by atoms with Crippen LogP contribution in [0, 0.1) is 0 Å². The molecule has 1 heterocycles. The molecule has 1 aromatic heterocycles. The zero-order valence-corrected chi connectivity index (χ0v) is 11.7. The van der Waals surface area contributed by atoms with Gasteiger partial charge in [0.2, 0.25) is 0 Å². The summed E-state index contributed by atoms with van der Waals surface area (Å²) >= 11 is 0. The van der Waals surface area contributed by atoms with Gasteiger partial charge in [-0.2, -0.15) is 5.10 Å². The van der Waals surface area contributed by atoms with Crippen LogP contribution in [-0.2, 0) is 6.42 Å². The van der Waals surface area contributed by atoms with Crippen LogP contribution in [0.2, 0.25) is 0 Å². The molecule has 0 radical (unpaired) electrons. The molecule has 1 N–H and O–H groups in total. The van der Waals surface area contributed by atoms with E-state index in [1.807, 2.05) is 0 Å². The fourth-order valence-corrected chi connectivity index (χ4v) is 2.25. The van der Waals surface area contributed by atoms with Gasteiger partial charge >= 0.3 is 0 Å². The van der Waals surface area contributed by atoms with Gasteiger partial charge in [-0.3, -0.25) is 4.68 Å². The number of hydrogen-bond donors (Lipinski definition) is 1. The molecule has 0 amide bonds. The second-order valence-electron chi connectivity index (χ2n) is 4.62. The van der Waals surface area contributed by atoms with E-state index in [0.29, 0.717) is 12.1 Å². The van der Waals surface area contributed by atoms with Gasteiger partial charge in [-0.05, 0) is 31.9 Å². The highest BCUT2D eigenvalue weighted by Gasteiger charge is 2.11. The van der Waals surface area contributed by atoms with Crippen LogP contribution in [0.5, 0.6) is 0 Å². The van der Waals surface area contributed by atoms with Gasteiger partial charge < -0.3 is 5.32 Å². The predicted molar refractivity (Wildman–Crippen MR) is 73.3 cm³/mol. The van der Waals surface area contributed by atoms with Gasteiger partial charge in [-0.15, -0.1) is 0 Å². The van der Waals surface area contributed by atoms with E-state index in [1.54, 1.807) is 0 Å². The first-order valence-corrected chi connectivity index (χ1v) is 7.02. The smallest absolute Gasteiger partial charge is 0.0640 e. The molecule has 98 valence electrons. The molecule has 0 aliphatic heterocycles. The maximum absolute atomic E-state index is 4.70. The Morgan fingerprint density at radius 2 is 1.88 bits per heavy atom. The normalized spacial score (nSPS) is 13.2. The predicted octanol–water partition coefficient (Wildman–Crippen LogP) is 3.17. The van der Waals surface area contributed by atoms with E-state index in [4.69, 9.17) is 5.10 Å². The molecule has 0 saturated heterocycles. The first-order chi connectivity index (χ1) is 8.24. The van der Waals surface area contributed by atoms with Crippen LogP contribution < -0.4 is 5.32 Å². The van der Waals surface area contributed by atoms with Crippen molar-refractivity contribution in [2.45, 2.75) is 65.5 Å². The summed E-state index contributed by atoms with van der Waals surface area (Å²) < 4.78 is 2.13. The van der Waals surface area contributed by atoms with Crippen molar-refractivity contribution in [2.75, 3.05) is 6.54 Å². The Bertz CT molecular complexity index is 302. The van der Waals surface area contributed by atoms with E-state index < -0.39 is 0 Å². The molecule has 1 atom stereocenters. The lowest BCUT2D eigenvalue weighted by atomic mass is 10.1. The lowest BCUT2D eigenvalue weighted by molar-refractivity contribution is 0.421. The summed E-state index contributed by atoms with van der Waals surface area (Å²) in [6.07, 6.45) is 6.64. The minimum atomic E-state index is 0.558. The molecule has 0 aliphatic rings. The third-order valence-corrected chi connectivity index (χ3v) is 3.42. The lowest BCUT2D eigenvalue weighted by Gasteiger charge is -2.15. The topological polar surface area (TPSA) is 29.9 Å². The molecule has 3 nitrogen and oxygen atoms in total. The Kier molecular flexibility index (Phi) is 6.27. The zero-order valence-electron chi connectivity index (χ0n) is 11.7. The number of likely N-dealkylation sites (N-methyl/N-ethyl adjacent to an activating group) is 1. The van der Waals surface area contributed by atoms with E-state index in [1.165, 1.54) is 5.69 Å². The molecule has 1 unspecified atom stereocenters. The summed E-state index contributed by atoms with van der Waals surface area (Å²) in [7, 11) is 0. The Labute approximate surface area is 106 Å². The van der Waals surface area contributed by atoms with Crippen molar-refractivity contribution in [1.82, 2.24) is 15.1 Å². The summed E-state index contributed by atoms with van der Waals surface area (Å²) in [5.41, 5.74) is 1.21. The first-order valence-electron chi connectivity index (χ1n) is 7.02. The average molecular weight is 237 g/mol. The molecule has 1 rings (SSSR count). The van der Waals surface area contributed by atoms with E-state index >= 15 is 0 Å². The SMILES string of the molecule is CCNC(CC)Cc1ccn(C(CC)CC)n1. The van der Waals surface area contributed by atoms with Gasteiger partial charge in [0.25, 0.3) is 0 Å². The Hall–Kier alpha value is -0.830. The molecule has 0 aliphatic carbocycles. The van der Waals surface area contributed by atoms with Crippen molar-refractivity contribution in [3.63, 3.8) is 0 Å². The van der Waals surface area contributed by atoms with E-state index in [-0.39, 0.29) is 0 Å². The second kappa shape index (κ2) is 7.49. The lowest BCUT2D eigenvalue weighted by Crippen LogP contribution is -2.30. The second-order valence-corrected chi connectivity index (χ2v) is 4.62. The maximum Gasteiger partial charge on any atom is 0.0640 e. The van der Waals surface area contributed by atoms with Crippen molar-refractivity contribution in [3.8, 4) is 0 Å². The van der Waals surface area contributed by atoms with Crippen LogP contribution in [-0.4, -0.2) is 22.4 Å². The van der Waals surface area contributed by atoms with Crippen molar-refractivity contribution in [1.29, 1.82) is 0 Å². The Morgan fingerprint density at radius 3 is 2.41 bits per heavy atom. The number of hydrogen-bond acceptors (Lipinski definition) is 2. The van der Waals surface area contributed by atoms with Gasteiger partial charge in [-0.1, -0.05) is 27.7 Å². The van der Waals surface area contributed by atoms with E-state index in [9.17, 15) is 0 Å². The van der Waals surface area contributed by atoms with Gasteiger partial charge in [0.1, 0.15) is 0 Å². The molecule has 0 bridgehead atoms. The monoisotopic (exact) mass is 237 g/mol. The highest BCUT2D eigenvalue weighted by molar-refractivity contribution is 5.02. The minimum Gasteiger partial charge on any atom is -0.314 e. The standard InChI is InChI=1S/C14H27N3/c1-5-12(15-8-4)11-13-9-10-17(16-13)14(6-2)7-3/h9-10,12,14-15H,5-8,11H2,1-4H3. The number of aromatic nitrogens is 2. The van der Waals surface area contributed by atoms with Gasteiger partial charge in [0.15, 0.2) is 0 Å². The molecular weight excluding hydrogens is 210 g/mol. The Balaban J connectivity index is 2.60. The van der Waals surface area contributed by atoms with Crippen LogP contribution in [0.25, 0.3) is 0 Å². The van der Waals surface area contributed by atoms with Crippen molar-refractivity contribution in [2.24, 2.45) is 0 Å². The molecule has 1 aromatic rings. The highest BCUT2D eigenvalue weighted by Crippen LogP contribution is 2.15. The number of nitrogens with zero attached hydrogens (tertiary/aromatic N) is 2. The van der Waals surface area contributed by atoms with Crippen molar-refractivity contribution in [3.05, 3.63) is 18.0 Å². The molecule has 0 spiro atoms.